The molecular weight excluding hydrogens is 452 g/mol. The molecule has 2 atom stereocenters. The first-order valence-corrected chi connectivity index (χ1v) is 12.6. The van der Waals surface area contributed by atoms with E-state index in [2.05, 4.69) is 55.0 Å². The number of carboxylic acids is 1. The van der Waals surface area contributed by atoms with Crippen LogP contribution in [0.4, 0.5) is 0 Å². The van der Waals surface area contributed by atoms with E-state index >= 15 is 0 Å². The Morgan fingerprint density at radius 2 is 1.97 bits per heavy atom. The van der Waals surface area contributed by atoms with Crippen molar-refractivity contribution in [1.82, 2.24) is 9.88 Å². The van der Waals surface area contributed by atoms with Gasteiger partial charge in [-0.3, -0.25) is 9.69 Å². The SMILES string of the molecule is COc1cc(-c2ccc(C3CCc4ccc(C[C@H](C)C(=O)O)cc4O3)cc2CN(C)C(C)C)ccn1. The van der Waals surface area contributed by atoms with Crippen LogP contribution in [0.25, 0.3) is 11.1 Å². The fourth-order valence-electron chi connectivity index (χ4n) is 4.58. The van der Waals surface area contributed by atoms with Gasteiger partial charge in [-0.2, -0.15) is 0 Å². The molecule has 0 spiro atoms. The van der Waals surface area contributed by atoms with Gasteiger partial charge in [0.1, 0.15) is 11.9 Å². The van der Waals surface area contributed by atoms with Crippen molar-refractivity contribution in [3.8, 4) is 22.8 Å². The molecule has 0 aliphatic carbocycles. The van der Waals surface area contributed by atoms with Gasteiger partial charge in [-0.05, 0) is 85.7 Å². The van der Waals surface area contributed by atoms with Crippen LogP contribution >= 0.6 is 0 Å². The van der Waals surface area contributed by atoms with E-state index < -0.39 is 11.9 Å². The quantitative estimate of drug-likeness (QED) is 0.403. The first-order valence-electron chi connectivity index (χ1n) is 12.6. The summed E-state index contributed by atoms with van der Waals surface area (Å²) in [7, 11) is 3.77. The minimum Gasteiger partial charge on any atom is -0.485 e. The van der Waals surface area contributed by atoms with Crippen molar-refractivity contribution in [1.29, 1.82) is 0 Å². The summed E-state index contributed by atoms with van der Waals surface area (Å²) in [4.78, 5) is 17.9. The molecule has 0 bridgehead atoms. The molecule has 2 heterocycles. The standard InChI is InChI=1S/C30H36N2O4/c1-19(2)32(4)18-25-16-24(8-10-26(25)23-12-13-31-29(17-23)35-5)27-11-9-22-7-6-21(15-28(22)36-27)14-20(3)30(33)34/h6-8,10,12-13,15-17,19-20,27H,9,11,14,18H2,1-5H3,(H,33,34)/t20-,27?/m0/s1. The van der Waals surface area contributed by atoms with Crippen molar-refractivity contribution in [2.75, 3.05) is 14.2 Å². The number of nitrogens with zero attached hydrogens (tertiary/aromatic N) is 2. The predicted molar refractivity (Wildman–Crippen MR) is 141 cm³/mol. The lowest BCUT2D eigenvalue weighted by atomic mass is 9.91. The number of carboxylic acid groups (broad SMARTS) is 1. The molecule has 0 fully saturated rings. The average Bonchev–Trinajstić information content (AvgIpc) is 2.88. The van der Waals surface area contributed by atoms with Crippen LogP contribution in [0.15, 0.2) is 54.7 Å². The Balaban J connectivity index is 1.64. The molecule has 1 aliphatic heterocycles. The van der Waals surface area contributed by atoms with Gasteiger partial charge in [-0.15, -0.1) is 0 Å². The maximum Gasteiger partial charge on any atom is 0.306 e. The predicted octanol–water partition coefficient (Wildman–Crippen LogP) is 5.93. The molecule has 3 aromatic rings. The number of aromatic nitrogens is 1. The van der Waals surface area contributed by atoms with Crippen LogP contribution in [-0.4, -0.2) is 41.2 Å². The van der Waals surface area contributed by atoms with Gasteiger partial charge in [0, 0.05) is 24.8 Å². The lowest BCUT2D eigenvalue weighted by molar-refractivity contribution is -0.141. The highest BCUT2D eigenvalue weighted by molar-refractivity contribution is 5.70. The largest absolute Gasteiger partial charge is 0.485 e. The zero-order valence-electron chi connectivity index (χ0n) is 21.8. The van der Waals surface area contributed by atoms with E-state index in [1.54, 1.807) is 20.2 Å². The fourth-order valence-corrected chi connectivity index (χ4v) is 4.58. The topological polar surface area (TPSA) is 71.9 Å². The average molecular weight is 489 g/mol. The highest BCUT2D eigenvalue weighted by atomic mass is 16.5. The summed E-state index contributed by atoms with van der Waals surface area (Å²) in [5.41, 5.74) is 6.79. The van der Waals surface area contributed by atoms with Crippen molar-refractivity contribution >= 4 is 5.97 Å². The molecule has 0 amide bonds. The normalized spacial score (nSPS) is 15.9. The van der Waals surface area contributed by atoms with E-state index in [-0.39, 0.29) is 6.10 Å². The second kappa shape index (κ2) is 11.1. The molecule has 0 saturated heterocycles. The third-order valence-corrected chi connectivity index (χ3v) is 7.10. The summed E-state index contributed by atoms with van der Waals surface area (Å²) in [6, 6.07) is 17.1. The number of benzene rings is 2. The lowest BCUT2D eigenvalue weighted by Gasteiger charge is -2.29. The molecule has 190 valence electrons. The van der Waals surface area contributed by atoms with Crippen molar-refractivity contribution in [2.24, 2.45) is 5.92 Å². The van der Waals surface area contributed by atoms with Crippen LogP contribution in [0.3, 0.4) is 0 Å². The molecule has 0 radical (unpaired) electrons. The number of hydrogen-bond donors (Lipinski definition) is 1. The molecule has 6 nitrogen and oxygen atoms in total. The maximum absolute atomic E-state index is 11.3. The first-order chi connectivity index (χ1) is 17.2. The minimum absolute atomic E-state index is 0.0474. The van der Waals surface area contributed by atoms with Crippen molar-refractivity contribution in [3.05, 3.63) is 77.0 Å². The number of fused-ring (bicyclic) bond motifs is 1. The van der Waals surface area contributed by atoms with E-state index in [1.165, 1.54) is 11.1 Å². The molecule has 1 aliphatic rings. The summed E-state index contributed by atoms with van der Waals surface area (Å²) >= 11 is 0. The Morgan fingerprint density at radius 1 is 1.17 bits per heavy atom. The molecule has 1 unspecified atom stereocenters. The smallest absolute Gasteiger partial charge is 0.306 e. The molecule has 0 saturated carbocycles. The van der Waals surface area contributed by atoms with Crippen LogP contribution in [0.1, 0.15) is 55.5 Å². The van der Waals surface area contributed by atoms with E-state index in [4.69, 9.17) is 9.47 Å². The zero-order valence-corrected chi connectivity index (χ0v) is 21.8. The van der Waals surface area contributed by atoms with Gasteiger partial charge in [-0.1, -0.05) is 37.3 Å². The van der Waals surface area contributed by atoms with Gasteiger partial charge in [0.25, 0.3) is 0 Å². The van der Waals surface area contributed by atoms with Gasteiger partial charge < -0.3 is 14.6 Å². The monoisotopic (exact) mass is 488 g/mol. The van der Waals surface area contributed by atoms with Crippen LogP contribution in [0.5, 0.6) is 11.6 Å². The van der Waals surface area contributed by atoms with Gasteiger partial charge in [0.2, 0.25) is 5.88 Å². The minimum atomic E-state index is -0.780. The van der Waals surface area contributed by atoms with Gasteiger partial charge >= 0.3 is 5.97 Å². The summed E-state index contributed by atoms with van der Waals surface area (Å²) < 4.78 is 11.9. The Morgan fingerprint density at radius 3 is 2.69 bits per heavy atom. The number of aryl methyl sites for hydroxylation is 1. The first kappa shape index (κ1) is 25.7. The Kier molecular flexibility index (Phi) is 7.94. The highest BCUT2D eigenvalue weighted by Crippen LogP contribution is 2.38. The number of rotatable bonds is 9. The highest BCUT2D eigenvalue weighted by Gasteiger charge is 2.24. The summed E-state index contributed by atoms with van der Waals surface area (Å²) in [5, 5.41) is 9.28. The number of aliphatic carboxylic acids is 1. The summed E-state index contributed by atoms with van der Waals surface area (Å²) in [6.07, 6.45) is 4.06. The van der Waals surface area contributed by atoms with Crippen molar-refractivity contribution in [2.45, 2.75) is 58.7 Å². The van der Waals surface area contributed by atoms with Crippen LogP contribution < -0.4 is 9.47 Å². The number of carbonyl (C=O) groups is 1. The molecule has 36 heavy (non-hydrogen) atoms. The van der Waals surface area contributed by atoms with Crippen LogP contribution in [-0.2, 0) is 24.2 Å². The molecule has 2 aromatic carbocycles. The third-order valence-electron chi connectivity index (χ3n) is 7.10. The van der Waals surface area contributed by atoms with E-state index in [0.717, 1.165) is 47.4 Å². The van der Waals surface area contributed by atoms with Crippen molar-refractivity contribution < 1.29 is 19.4 Å². The fraction of sp³-hybridized carbons (Fsp3) is 0.400. The molecule has 1 aromatic heterocycles. The number of methoxy groups -OCH3 is 1. The van der Waals surface area contributed by atoms with Crippen LogP contribution in [0.2, 0.25) is 0 Å². The lowest BCUT2D eigenvalue weighted by Crippen LogP contribution is -2.26. The molecule has 6 heteroatoms. The molecule has 4 rings (SSSR count). The van der Waals surface area contributed by atoms with Crippen LogP contribution in [0, 0.1) is 5.92 Å². The van der Waals surface area contributed by atoms with E-state index in [9.17, 15) is 9.90 Å². The number of hydrogen-bond acceptors (Lipinski definition) is 5. The summed E-state index contributed by atoms with van der Waals surface area (Å²) in [6.45, 7) is 6.94. The second-order valence-electron chi connectivity index (χ2n) is 10.0. The van der Waals surface area contributed by atoms with Gasteiger partial charge in [-0.25, -0.2) is 4.98 Å². The maximum atomic E-state index is 11.3. The number of ether oxygens (including phenoxy) is 2. The zero-order chi connectivity index (χ0) is 25.8. The summed E-state index contributed by atoms with van der Waals surface area (Å²) in [5.74, 6) is 0.254. The van der Waals surface area contributed by atoms with Gasteiger partial charge in [0.15, 0.2) is 0 Å². The Labute approximate surface area is 213 Å². The van der Waals surface area contributed by atoms with Gasteiger partial charge in [0.05, 0.1) is 13.0 Å². The Bertz CT molecular complexity index is 1220. The second-order valence-corrected chi connectivity index (χ2v) is 10.0. The molecular formula is C30H36N2O4. The van der Waals surface area contributed by atoms with E-state index in [1.807, 2.05) is 24.3 Å². The third kappa shape index (κ3) is 5.88. The number of pyridine rings is 1. The van der Waals surface area contributed by atoms with E-state index in [0.29, 0.717) is 18.3 Å². The Hall–Kier alpha value is -3.38. The molecule has 1 N–H and O–H groups in total. The van der Waals surface area contributed by atoms with Crippen molar-refractivity contribution in [3.63, 3.8) is 0 Å².